The number of thiophene rings is 1. The fraction of sp³-hybridized carbons (Fsp3) is 0.294. The van der Waals surface area contributed by atoms with Gasteiger partial charge in [0, 0.05) is 11.9 Å². The zero-order valence-corrected chi connectivity index (χ0v) is 14.3. The van der Waals surface area contributed by atoms with Crippen molar-refractivity contribution in [1.29, 1.82) is 0 Å². The molecule has 0 atom stereocenters. The van der Waals surface area contributed by atoms with Crippen LogP contribution in [0.2, 0.25) is 0 Å². The van der Waals surface area contributed by atoms with Crippen molar-refractivity contribution < 1.29 is 19.2 Å². The van der Waals surface area contributed by atoms with Crippen LogP contribution in [0.15, 0.2) is 36.4 Å². The van der Waals surface area contributed by atoms with Gasteiger partial charge in [-0.15, -0.1) is 11.3 Å². The first kappa shape index (κ1) is 17.2. The molecule has 1 aromatic heterocycles. The van der Waals surface area contributed by atoms with Crippen LogP contribution in [0.3, 0.4) is 0 Å². The average Bonchev–Trinajstić information content (AvgIpc) is 2.98. The minimum absolute atomic E-state index is 0.226. The third kappa shape index (κ3) is 3.97. The summed E-state index contributed by atoms with van der Waals surface area (Å²) in [6.07, 6.45) is 0. The largest absolute Gasteiger partial charge is 0.421 e. The Kier molecular flexibility index (Phi) is 5.52. The van der Waals surface area contributed by atoms with Crippen molar-refractivity contribution in [2.75, 3.05) is 14.2 Å². The molecule has 0 aliphatic carbocycles. The second-order valence-electron chi connectivity index (χ2n) is 5.24. The SMILES string of the molecule is CON(C)C(=O)c1sc(C(C)C)cc1OC(=O)c1ccccc1. The molecular formula is C17H19NO4S. The molecule has 23 heavy (non-hydrogen) atoms. The maximum absolute atomic E-state index is 12.4. The summed E-state index contributed by atoms with van der Waals surface area (Å²) in [5.41, 5.74) is 0.434. The van der Waals surface area contributed by atoms with Crippen molar-refractivity contribution >= 4 is 23.2 Å². The number of esters is 1. The lowest BCUT2D eigenvalue weighted by Crippen LogP contribution is -2.25. The number of carbonyl (C=O) groups is 2. The summed E-state index contributed by atoms with van der Waals surface area (Å²) in [7, 11) is 2.92. The topological polar surface area (TPSA) is 55.8 Å². The van der Waals surface area contributed by atoms with Crippen molar-refractivity contribution in [2.24, 2.45) is 0 Å². The number of hydroxylamine groups is 2. The quantitative estimate of drug-likeness (QED) is 0.618. The van der Waals surface area contributed by atoms with Crippen LogP contribution < -0.4 is 4.74 Å². The van der Waals surface area contributed by atoms with Gasteiger partial charge < -0.3 is 4.74 Å². The minimum Gasteiger partial charge on any atom is -0.421 e. The molecule has 0 saturated carbocycles. The molecule has 2 rings (SSSR count). The highest BCUT2D eigenvalue weighted by atomic mass is 32.1. The number of amides is 1. The minimum atomic E-state index is -0.493. The summed E-state index contributed by atoms with van der Waals surface area (Å²) in [5, 5.41) is 1.11. The van der Waals surface area contributed by atoms with Crippen molar-refractivity contribution in [3.05, 3.63) is 51.7 Å². The van der Waals surface area contributed by atoms with Gasteiger partial charge in [-0.3, -0.25) is 9.63 Å². The molecule has 0 N–H and O–H groups in total. The third-order valence-electron chi connectivity index (χ3n) is 3.25. The fourth-order valence-corrected chi connectivity index (χ4v) is 2.92. The first-order valence-corrected chi connectivity index (χ1v) is 7.98. The van der Waals surface area contributed by atoms with E-state index >= 15 is 0 Å². The summed E-state index contributed by atoms with van der Waals surface area (Å²) in [4.78, 5) is 30.9. The number of nitrogens with zero attached hydrogens (tertiary/aromatic N) is 1. The Hall–Kier alpha value is -2.18. The van der Waals surface area contributed by atoms with E-state index in [9.17, 15) is 9.59 Å². The monoisotopic (exact) mass is 333 g/mol. The van der Waals surface area contributed by atoms with Gasteiger partial charge in [0.1, 0.15) is 4.88 Å². The summed E-state index contributed by atoms with van der Waals surface area (Å²) in [6, 6.07) is 10.4. The van der Waals surface area contributed by atoms with Crippen molar-refractivity contribution in [2.45, 2.75) is 19.8 Å². The summed E-state index contributed by atoms with van der Waals surface area (Å²) < 4.78 is 5.45. The van der Waals surface area contributed by atoms with E-state index in [4.69, 9.17) is 9.57 Å². The molecule has 5 nitrogen and oxygen atoms in total. The average molecular weight is 333 g/mol. The lowest BCUT2D eigenvalue weighted by molar-refractivity contribution is -0.0754. The predicted octanol–water partition coefficient (Wildman–Crippen LogP) is 3.72. The molecule has 1 aromatic carbocycles. The predicted molar refractivity (Wildman–Crippen MR) is 88.9 cm³/mol. The zero-order chi connectivity index (χ0) is 17.0. The Labute approximate surface area is 139 Å². The number of benzene rings is 1. The molecule has 122 valence electrons. The van der Waals surface area contributed by atoms with E-state index in [1.165, 1.54) is 25.5 Å². The van der Waals surface area contributed by atoms with Crippen LogP contribution in [-0.2, 0) is 4.84 Å². The Morgan fingerprint density at radius 1 is 1.17 bits per heavy atom. The van der Waals surface area contributed by atoms with E-state index in [0.717, 1.165) is 9.94 Å². The molecule has 0 aliphatic rings. The van der Waals surface area contributed by atoms with Crippen LogP contribution in [0.25, 0.3) is 0 Å². The molecule has 0 aliphatic heterocycles. The van der Waals surface area contributed by atoms with E-state index in [2.05, 4.69) is 0 Å². The summed E-state index contributed by atoms with van der Waals surface area (Å²) in [6.45, 7) is 4.03. The third-order valence-corrected chi connectivity index (χ3v) is 4.66. The molecule has 1 heterocycles. The number of carbonyl (C=O) groups excluding carboxylic acids is 2. The molecular weight excluding hydrogens is 314 g/mol. The van der Waals surface area contributed by atoms with E-state index in [1.54, 1.807) is 30.3 Å². The highest BCUT2D eigenvalue weighted by Gasteiger charge is 2.24. The molecule has 1 amide bonds. The van der Waals surface area contributed by atoms with Gasteiger partial charge >= 0.3 is 5.97 Å². The first-order chi connectivity index (χ1) is 10.9. The molecule has 0 fully saturated rings. The van der Waals surface area contributed by atoms with Gasteiger partial charge in [0.25, 0.3) is 5.91 Å². The fourth-order valence-electron chi connectivity index (χ4n) is 1.86. The maximum Gasteiger partial charge on any atom is 0.343 e. The van der Waals surface area contributed by atoms with Gasteiger partial charge in [-0.05, 0) is 24.1 Å². The van der Waals surface area contributed by atoms with Crippen molar-refractivity contribution in [1.82, 2.24) is 5.06 Å². The Morgan fingerprint density at radius 2 is 1.83 bits per heavy atom. The summed E-state index contributed by atoms with van der Waals surface area (Å²) in [5.74, 6) is -0.349. The van der Waals surface area contributed by atoms with Crippen LogP contribution in [0, 0.1) is 0 Å². The molecule has 0 bridgehead atoms. The van der Waals surface area contributed by atoms with E-state index < -0.39 is 5.97 Å². The van der Waals surface area contributed by atoms with Crippen LogP contribution in [0.5, 0.6) is 5.75 Å². The maximum atomic E-state index is 12.4. The highest BCUT2D eigenvalue weighted by molar-refractivity contribution is 7.14. The standard InChI is InChI=1S/C17H19NO4S/c1-11(2)14-10-13(15(23-14)16(19)18(3)21-4)22-17(20)12-8-6-5-7-9-12/h5-11H,1-4H3. The van der Waals surface area contributed by atoms with E-state index in [-0.39, 0.29) is 17.6 Å². The van der Waals surface area contributed by atoms with Crippen molar-refractivity contribution in [3.8, 4) is 5.75 Å². The van der Waals surface area contributed by atoms with Crippen LogP contribution in [0.4, 0.5) is 0 Å². The van der Waals surface area contributed by atoms with Crippen LogP contribution in [-0.4, -0.2) is 31.1 Å². The number of hydrogen-bond donors (Lipinski definition) is 0. The molecule has 6 heteroatoms. The Morgan fingerprint density at radius 3 is 2.39 bits per heavy atom. The molecule has 0 unspecified atom stereocenters. The van der Waals surface area contributed by atoms with E-state index in [0.29, 0.717) is 10.4 Å². The zero-order valence-electron chi connectivity index (χ0n) is 13.5. The van der Waals surface area contributed by atoms with Crippen LogP contribution in [0.1, 0.15) is 44.7 Å². The van der Waals surface area contributed by atoms with Gasteiger partial charge in [0.2, 0.25) is 0 Å². The number of ether oxygens (including phenoxy) is 1. The number of hydrogen-bond acceptors (Lipinski definition) is 5. The van der Waals surface area contributed by atoms with Crippen molar-refractivity contribution in [3.63, 3.8) is 0 Å². The van der Waals surface area contributed by atoms with Gasteiger partial charge in [-0.25, -0.2) is 9.86 Å². The summed E-state index contributed by atoms with van der Waals surface area (Å²) >= 11 is 1.31. The first-order valence-electron chi connectivity index (χ1n) is 7.17. The molecule has 0 radical (unpaired) electrons. The van der Waals surface area contributed by atoms with Crippen LogP contribution >= 0.6 is 11.3 Å². The van der Waals surface area contributed by atoms with Gasteiger partial charge in [-0.2, -0.15) is 0 Å². The number of rotatable bonds is 5. The lowest BCUT2D eigenvalue weighted by Gasteiger charge is -2.13. The van der Waals surface area contributed by atoms with Gasteiger partial charge in [0.15, 0.2) is 5.75 Å². The van der Waals surface area contributed by atoms with E-state index in [1.807, 2.05) is 19.9 Å². The lowest BCUT2D eigenvalue weighted by atomic mass is 10.2. The highest BCUT2D eigenvalue weighted by Crippen LogP contribution is 2.35. The molecule has 0 spiro atoms. The second kappa shape index (κ2) is 7.39. The smallest absolute Gasteiger partial charge is 0.343 e. The molecule has 2 aromatic rings. The Bertz CT molecular complexity index is 694. The second-order valence-corrected chi connectivity index (χ2v) is 6.32. The molecule has 0 saturated heterocycles. The van der Waals surface area contributed by atoms with Gasteiger partial charge in [0.05, 0.1) is 12.7 Å². The van der Waals surface area contributed by atoms with Gasteiger partial charge in [-0.1, -0.05) is 32.0 Å². The normalized spacial score (nSPS) is 10.7. The Balaban J connectivity index is 2.33.